The molecule has 1 amide bonds. The van der Waals surface area contributed by atoms with Crippen molar-refractivity contribution in [2.24, 2.45) is 5.92 Å². The Morgan fingerprint density at radius 1 is 1.38 bits per heavy atom. The smallest absolute Gasteiger partial charge is 0.269 e. The lowest BCUT2D eigenvalue weighted by Crippen LogP contribution is -2.39. The van der Waals surface area contributed by atoms with Crippen LogP contribution >= 0.6 is 0 Å². The van der Waals surface area contributed by atoms with E-state index in [2.05, 4.69) is 38.1 Å². The van der Waals surface area contributed by atoms with Crippen molar-refractivity contribution in [1.82, 2.24) is 15.1 Å². The molecule has 1 aromatic rings. The molecule has 0 aliphatic heterocycles. The third kappa shape index (κ3) is 4.84. The number of nitrogens with zero attached hydrogens (tertiary/aromatic N) is 2. The summed E-state index contributed by atoms with van der Waals surface area (Å²) in [5.41, 5.74) is 1.43. The van der Waals surface area contributed by atoms with Crippen LogP contribution in [0.15, 0.2) is 6.07 Å². The molecular weight excluding hydrogens is 266 g/mol. The number of hydrogen-bond acceptors (Lipinski definition) is 3. The van der Waals surface area contributed by atoms with Gasteiger partial charge in [-0.05, 0) is 38.2 Å². The Labute approximate surface area is 127 Å². The van der Waals surface area contributed by atoms with Crippen molar-refractivity contribution in [2.75, 3.05) is 6.61 Å². The van der Waals surface area contributed by atoms with Gasteiger partial charge >= 0.3 is 0 Å². The topological polar surface area (TPSA) is 67.2 Å². The molecule has 21 heavy (non-hydrogen) atoms. The molecule has 1 heterocycles. The largest absolute Gasteiger partial charge is 0.394 e. The Bertz CT molecular complexity index is 450. The summed E-state index contributed by atoms with van der Waals surface area (Å²) in [4.78, 5) is 12.5. The minimum atomic E-state index is -0.206. The maximum atomic E-state index is 12.5. The number of amides is 1. The number of aromatic nitrogens is 2. The molecule has 0 spiro atoms. The Hall–Kier alpha value is -1.36. The zero-order valence-corrected chi connectivity index (χ0v) is 13.9. The lowest BCUT2D eigenvalue weighted by atomic mass is 10.0. The molecule has 0 aliphatic carbocycles. The van der Waals surface area contributed by atoms with E-state index >= 15 is 0 Å². The highest BCUT2D eigenvalue weighted by Crippen LogP contribution is 2.18. The van der Waals surface area contributed by atoms with Crippen LogP contribution in [0.1, 0.15) is 69.2 Å². The normalized spacial score (nSPS) is 13.0. The van der Waals surface area contributed by atoms with E-state index in [0.717, 1.165) is 25.0 Å². The lowest BCUT2D eigenvalue weighted by molar-refractivity contribution is 0.0894. The zero-order valence-electron chi connectivity index (χ0n) is 13.9. The van der Waals surface area contributed by atoms with Gasteiger partial charge in [-0.15, -0.1) is 0 Å². The van der Waals surface area contributed by atoms with E-state index in [0.29, 0.717) is 11.6 Å². The maximum absolute atomic E-state index is 12.5. The van der Waals surface area contributed by atoms with E-state index in [9.17, 15) is 9.90 Å². The van der Waals surface area contributed by atoms with Crippen molar-refractivity contribution in [3.05, 3.63) is 17.5 Å². The van der Waals surface area contributed by atoms with Crippen molar-refractivity contribution in [3.8, 4) is 0 Å². The van der Waals surface area contributed by atoms with Gasteiger partial charge in [0, 0.05) is 0 Å². The molecule has 0 saturated carbocycles. The summed E-state index contributed by atoms with van der Waals surface area (Å²) >= 11 is 0. The Kier molecular flexibility index (Phi) is 6.89. The van der Waals surface area contributed by atoms with Gasteiger partial charge in [0.1, 0.15) is 5.69 Å². The summed E-state index contributed by atoms with van der Waals surface area (Å²) in [5, 5.41) is 16.8. The van der Waals surface area contributed by atoms with E-state index < -0.39 is 0 Å². The molecule has 0 aromatic carbocycles. The van der Waals surface area contributed by atoms with Crippen LogP contribution < -0.4 is 5.32 Å². The number of nitrogens with one attached hydrogen (secondary N) is 1. The van der Waals surface area contributed by atoms with Gasteiger partial charge in [-0.2, -0.15) is 5.10 Å². The third-order valence-corrected chi connectivity index (χ3v) is 3.69. The Morgan fingerprint density at radius 2 is 2.00 bits per heavy atom. The molecule has 1 aromatic heterocycles. The summed E-state index contributed by atoms with van der Waals surface area (Å²) in [6.07, 6.45) is 2.64. The van der Waals surface area contributed by atoms with Gasteiger partial charge in [-0.1, -0.05) is 27.7 Å². The lowest BCUT2D eigenvalue weighted by Gasteiger charge is -2.20. The zero-order chi connectivity index (χ0) is 16.0. The van der Waals surface area contributed by atoms with Crippen molar-refractivity contribution >= 4 is 5.91 Å². The van der Waals surface area contributed by atoms with Gasteiger partial charge in [0.25, 0.3) is 5.91 Å². The summed E-state index contributed by atoms with van der Waals surface area (Å²) in [5.74, 6) is 0.273. The molecule has 1 atom stereocenters. The highest BCUT2D eigenvalue weighted by molar-refractivity contribution is 5.93. The van der Waals surface area contributed by atoms with Crippen molar-refractivity contribution in [1.29, 1.82) is 0 Å². The van der Waals surface area contributed by atoms with Gasteiger partial charge in [0.15, 0.2) is 0 Å². The van der Waals surface area contributed by atoms with Crippen LogP contribution in [0, 0.1) is 12.8 Å². The molecule has 0 radical (unpaired) electrons. The molecule has 0 aliphatic rings. The number of rotatable bonds is 8. The molecule has 2 N–H and O–H groups in total. The number of aryl methyl sites for hydroxylation is 1. The fraction of sp³-hybridized carbons (Fsp3) is 0.750. The molecular formula is C16H29N3O2. The van der Waals surface area contributed by atoms with Crippen LogP contribution in [-0.2, 0) is 0 Å². The first-order chi connectivity index (χ1) is 9.92. The number of hydrogen-bond donors (Lipinski definition) is 2. The van der Waals surface area contributed by atoms with Crippen LogP contribution in [0.2, 0.25) is 0 Å². The van der Waals surface area contributed by atoms with Crippen molar-refractivity contribution in [3.63, 3.8) is 0 Å². The number of carbonyl (C=O) groups excluding carboxylic acids is 1. The number of aliphatic hydroxyl groups is 1. The number of carbonyl (C=O) groups is 1. The summed E-state index contributed by atoms with van der Waals surface area (Å²) in [6.45, 7) is 10.2. The maximum Gasteiger partial charge on any atom is 0.269 e. The Balaban J connectivity index is 2.91. The predicted octanol–water partition coefficient (Wildman–Crippen LogP) is 2.69. The van der Waals surface area contributed by atoms with E-state index in [-0.39, 0.29) is 24.6 Å². The first-order valence-electron chi connectivity index (χ1n) is 7.90. The second-order valence-corrected chi connectivity index (χ2v) is 6.07. The minimum absolute atomic E-state index is 0.0397. The molecule has 120 valence electrons. The molecule has 0 fully saturated rings. The molecule has 1 unspecified atom stereocenters. The molecule has 5 nitrogen and oxygen atoms in total. The summed E-state index contributed by atoms with van der Waals surface area (Å²) < 4.78 is 1.83. The van der Waals surface area contributed by atoms with Crippen molar-refractivity contribution < 1.29 is 9.90 Å². The first-order valence-corrected chi connectivity index (χ1v) is 7.90. The molecule has 1 rings (SSSR count). The fourth-order valence-corrected chi connectivity index (χ4v) is 2.61. The van der Waals surface area contributed by atoms with Gasteiger partial charge < -0.3 is 10.4 Å². The highest BCUT2D eigenvalue weighted by atomic mass is 16.3. The van der Waals surface area contributed by atoms with E-state index in [4.69, 9.17) is 0 Å². The molecule has 0 bridgehead atoms. The van der Waals surface area contributed by atoms with Crippen LogP contribution in [-0.4, -0.2) is 33.4 Å². The molecule has 0 saturated heterocycles. The second-order valence-electron chi connectivity index (χ2n) is 6.07. The van der Waals surface area contributed by atoms with Crippen LogP contribution in [0.4, 0.5) is 0 Å². The predicted molar refractivity (Wildman–Crippen MR) is 84.4 cm³/mol. The number of aliphatic hydroxyl groups excluding tert-OH is 1. The summed E-state index contributed by atoms with van der Waals surface area (Å²) in [7, 11) is 0. The fourth-order valence-electron chi connectivity index (χ4n) is 2.61. The average Bonchev–Trinajstić information content (AvgIpc) is 2.81. The quantitative estimate of drug-likeness (QED) is 0.775. The van der Waals surface area contributed by atoms with Crippen LogP contribution in [0.25, 0.3) is 0 Å². The van der Waals surface area contributed by atoms with Crippen molar-refractivity contribution in [2.45, 2.75) is 66.0 Å². The standard InChI is InChI=1S/C16H29N3O2/c1-6-14(7-2)19-15(9-12(5)18-19)16(21)17-13(10-20)8-11(3)4/h9,11,13-14,20H,6-8,10H2,1-5H3,(H,17,21). The summed E-state index contributed by atoms with van der Waals surface area (Å²) in [6, 6.07) is 1.84. The first kappa shape index (κ1) is 17.7. The van der Waals surface area contributed by atoms with E-state index in [1.165, 1.54) is 0 Å². The van der Waals surface area contributed by atoms with Gasteiger partial charge in [-0.3, -0.25) is 9.48 Å². The second kappa shape index (κ2) is 8.17. The SMILES string of the molecule is CCC(CC)n1nc(C)cc1C(=O)NC(CO)CC(C)C. The monoisotopic (exact) mass is 295 g/mol. The van der Waals surface area contributed by atoms with Crippen LogP contribution in [0.5, 0.6) is 0 Å². The van der Waals surface area contributed by atoms with Crippen LogP contribution in [0.3, 0.4) is 0 Å². The average molecular weight is 295 g/mol. The Morgan fingerprint density at radius 3 is 2.48 bits per heavy atom. The van der Waals surface area contributed by atoms with Gasteiger partial charge in [0.2, 0.25) is 0 Å². The minimum Gasteiger partial charge on any atom is -0.394 e. The van der Waals surface area contributed by atoms with E-state index in [1.54, 1.807) is 0 Å². The van der Waals surface area contributed by atoms with Gasteiger partial charge in [0.05, 0.1) is 24.4 Å². The molecule has 5 heteroatoms. The van der Waals surface area contributed by atoms with E-state index in [1.807, 2.05) is 17.7 Å². The third-order valence-electron chi connectivity index (χ3n) is 3.69. The van der Waals surface area contributed by atoms with Gasteiger partial charge in [-0.25, -0.2) is 0 Å². The highest BCUT2D eigenvalue weighted by Gasteiger charge is 2.21.